The van der Waals surface area contributed by atoms with Crippen LogP contribution in [0.2, 0.25) is 0 Å². The molecule has 4 amide bonds. The van der Waals surface area contributed by atoms with Crippen molar-refractivity contribution < 1.29 is 29.4 Å². The second-order valence-corrected chi connectivity index (χ2v) is 20.4. The minimum absolute atomic E-state index is 0.276. The third kappa shape index (κ3) is 2.67. The standard InChI is InChI=1S/C34H36N6O6S4/c1-15(2)31-27(45)39-23-29(17-11-7-9-13-19(17)35-23,21(41)33(39,49-47-31)25(43)37(31)5)30-18-12-8-10-14-20(18)36-24(30)40-28(46)32(16(3)4)38(6)26(44)34(40,22(30)42)50-48-32/h7-16,21-24,35-36,41-42H,1-6H3/t21-,22-,23-,24+,29?,30?,31?,32?,33+,34-/m0/s1. The van der Waals surface area contributed by atoms with E-state index in [0.29, 0.717) is 22.5 Å². The Hall–Kier alpha value is -2.76. The van der Waals surface area contributed by atoms with Gasteiger partial charge in [-0.1, -0.05) is 85.7 Å². The van der Waals surface area contributed by atoms with Gasteiger partial charge in [-0.15, -0.1) is 0 Å². The van der Waals surface area contributed by atoms with Crippen LogP contribution in [-0.2, 0) is 30.0 Å². The van der Waals surface area contributed by atoms with Crippen molar-refractivity contribution in [2.24, 2.45) is 11.8 Å². The highest BCUT2D eigenvalue weighted by Crippen LogP contribution is 2.79. The topological polar surface area (TPSA) is 146 Å². The molecule has 12 rings (SSSR count). The molecule has 0 radical (unpaired) electrons. The largest absolute Gasteiger partial charge is 0.388 e. The van der Waals surface area contributed by atoms with Gasteiger partial charge in [0, 0.05) is 25.5 Å². The van der Waals surface area contributed by atoms with E-state index < -0.39 is 66.7 Å². The summed E-state index contributed by atoms with van der Waals surface area (Å²) in [5.41, 5.74) is -0.799. The highest BCUT2D eigenvalue weighted by atomic mass is 33.1. The molecule has 2 aromatic carbocycles. The number of carbonyl (C=O) groups is 4. The molecule has 50 heavy (non-hydrogen) atoms. The maximum atomic E-state index is 15.2. The summed E-state index contributed by atoms with van der Waals surface area (Å²) in [5, 5.41) is 34.2. The number of aliphatic hydroxyl groups excluding tert-OH is 2. The number of piperazine rings is 2. The predicted molar refractivity (Wildman–Crippen MR) is 193 cm³/mol. The predicted octanol–water partition coefficient (Wildman–Crippen LogP) is 2.60. The van der Waals surface area contributed by atoms with Gasteiger partial charge in [0.15, 0.2) is 9.74 Å². The second kappa shape index (κ2) is 9.23. The molecule has 4 bridgehead atoms. The first kappa shape index (κ1) is 31.9. The van der Waals surface area contributed by atoms with Crippen LogP contribution in [0.1, 0.15) is 38.8 Å². The summed E-state index contributed by atoms with van der Waals surface area (Å²) in [7, 11) is 8.25. The Labute approximate surface area is 304 Å². The minimum atomic E-state index is -1.78. The van der Waals surface area contributed by atoms with E-state index in [4.69, 9.17) is 0 Å². The van der Waals surface area contributed by atoms with E-state index in [-0.39, 0.29) is 23.7 Å². The Morgan fingerprint density at radius 2 is 0.960 bits per heavy atom. The monoisotopic (exact) mass is 752 g/mol. The van der Waals surface area contributed by atoms with Gasteiger partial charge in [-0.3, -0.25) is 29.0 Å². The maximum Gasteiger partial charge on any atom is 0.264 e. The molecule has 8 fully saturated rings. The van der Waals surface area contributed by atoms with Gasteiger partial charge in [-0.05, 0) is 56.7 Å². The molecule has 0 saturated carbocycles. The Morgan fingerprint density at radius 3 is 1.32 bits per heavy atom. The van der Waals surface area contributed by atoms with Crippen molar-refractivity contribution in [3.05, 3.63) is 59.7 Å². The fourth-order valence-corrected chi connectivity index (χ4v) is 19.4. The number of fused-ring (bicyclic) bond motifs is 11. The molecule has 4 N–H and O–H groups in total. The van der Waals surface area contributed by atoms with E-state index in [9.17, 15) is 19.8 Å². The molecule has 0 aliphatic carbocycles. The lowest BCUT2D eigenvalue weighted by molar-refractivity contribution is -0.169. The van der Waals surface area contributed by atoms with E-state index in [2.05, 4.69) is 10.6 Å². The number of anilines is 2. The lowest BCUT2D eigenvalue weighted by Crippen LogP contribution is -2.79. The first-order valence-electron chi connectivity index (χ1n) is 16.8. The van der Waals surface area contributed by atoms with Crippen LogP contribution in [0.5, 0.6) is 0 Å². The maximum absolute atomic E-state index is 15.2. The lowest BCUT2D eigenvalue weighted by Gasteiger charge is -2.60. The molecule has 2 spiro atoms. The van der Waals surface area contributed by atoms with E-state index in [0.717, 1.165) is 0 Å². The first-order valence-corrected chi connectivity index (χ1v) is 21.1. The molecule has 10 heterocycles. The van der Waals surface area contributed by atoms with Gasteiger partial charge >= 0.3 is 0 Å². The van der Waals surface area contributed by atoms with E-state index in [1.807, 2.05) is 76.2 Å². The SMILES string of the molecule is CC(C)C12SS[C@]3(C(=O)N1C)[C@@H](O)C1(C45c6ccccc6N[C@H]4N4C(=O)C6(C(C)C)SS[C@@]4(C(=O)N6C)[C@H]5O)c4ccccc4N[C@@H]1N3C2=O. The van der Waals surface area contributed by atoms with Crippen LogP contribution in [-0.4, -0.2) is 112 Å². The van der Waals surface area contributed by atoms with Gasteiger partial charge in [-0.2, -0.15) is 0 Å². The number of benzene rings is 2. The van der Waals surface area contributed by atoms with Gasteiger partial charge < -0.3 is 30.6 Å². The van der Waals surface area contributed by atoms with Crippen molar-refractivity contribution >= 4 is 78.2 Å². The van der Waals surface area contributed by atoms with E-state index in [1.54, 1.807) is 23.9 Å². The molecular weight excluding hydrogens is 717 g/mol. The third-order valence-corrected chi connectivity index (χ3v) is 20.9. The molecule has 10 aliphatic heterocycles. The zero-order chi connectivity index (χ0) is 35.3. The number of carbonyl (C=O) groups excluding carboxylic acids is 4. The highest BCUT2D eigenvalue weighted by molar-refractivity contribution is 8.78. The summed E-state index contributed by atoms with van der Waals surface area (Å²) in [4.78, 5) is 60.2. The molecule has 16 heteroatoms. The number of aliphatic hydroxyl groups is 2. The molecule has 4 unspecified atom stereocenters. The van der Waals surface area contributed by atoms with Crippen molar-refractivity contribution in [1.82, 2.24) is 19.6 Å². The molecule has 262 valence electrons. The molecular formula is C34H36N6O6S4. The molecule has 12 nitrogen and oxygen atoms in total. The number of hydrogen-bond donors (Lipinski definition) is 4. The van der Waals surface area contributed by atoms with E-state index >= 15 is 9.59 Å². The van der Waals surface area contributed by atoms with Crippen molar-refractivity contribution in [1.29, 1.82) is 0 Å². The summed E-state index contributed by atoms with van der Waals surface area (Å²) in [6.07, 6.45) is -5.27. The molecule has 8 saturated heterocycles. The van der Waals surface area contributed by atoms with Crippen LogP contribution in [0.15, 0.2) is 48.5 Å². The van der Waals surface area contributed by atoms with Crippen molar-refractivity contribution in [3.8, 4) is 0 Å². The average molecular weight is 753 g/mol. The average Bonchev–Trinajstić information content (AvgIpc) is 3.74. The van der Waals surface area contributed by atoms with Gasteiger partial charge in [0.25, 0.3) is 23.6 Å². The quantitative estimate of drug-likeness (QED) is 0.342. The van der Waals surface area contributed by atoms with Crippen molar-refractivity contribution in [3.63, 3.8) is 0 Å². The van der Waals surface area contributed by atoms with Gasteiger partial charge in [0.2, 0.25) is 9.74 Å². The number of rotatable bonds is 3. The summed E-state index contributed by atoms with van der Waals surface area (Å²) in [5.74, 6) is -1.97. The second-order valence-electron chi connectivity index (χ2n) is 15.2. The fraction of sp³-hybridized carbons (Fsp3) is 0.529. The van der Waals surface area contributed by atoms with Crippen LogP contribution in [0, 0.1) is 11.8 Å². The molecule has 10 atom stereocenters. The van der Waals surface area contributed by atoms with Crippen molar-refractivity contribution in [2.45, 2.75) is 82.5 Å². The minimum Gasteiger partial charge on any atom is -0.388 e. The van der Waals surface area contributed by atoms with Gasteiger partial charge in [-0.25, -0.2) is 0 Å². The molecule has 0 aromatic heterocycles. The molecule has 2 aromatic rings. The van der Waals surface area contributed by atoms with Crippen LogP contribution in [0.25, 0.3) is 0 Å². The summed E-state index contributed by atoms with van der Waals surface area (Å²) in [6, 6.07) is 14.9. The van der Waals surface area contributed by atoms with Gasteiger partial charge in [0.1, 0.15) is 24.5 Å². The summed E-state index contributed by atoms with van der Waals surface area (Å²) < 4.78 is 0. The Balaban J connectivity index is 1.33. The zero-order valence-corrected chi connectivity index (χ0v) is 31.3. The Bertz CT molecular complexity index is 1870. The number of nitrogens with zero attached hydrogens (tertiary/aromatic N) is 4. The van der Waals surface area contributed by atoms with Crippen LogP contribution in [0.4, 0.5) is 11.4 Å². The third-order valence-electron chi connectivity index (χ3n) is 13.1. The van der Waals surface area contributed by atoms with Gasteiger partial charge in [0.05, 0.1) is 10.8 Å². The highest BCUT2D eigenvalue weighted by Gasteiger charge is 2.93. The van der Waals surface area contributed by atoms with Crippen LogP contribution < -0.4 is 10.6 Å². The fourth-order valence-electron chi connectivity index (χ4n) is 11.0. The number of hydrogen-bond acceptors (Lipinski definition) is 12. The Kier molecular flexibility index (Phi) is 5.90. The Morgan fingerprint density at radius 1 is 0.600 bits per heavy atom. The number of nitrogens with one attached hydrogen (secondary N) is 2. The summed E-state index contributed by atoms with van der Waals surface area (Å²) in [6.45, 7) is 7.66. The van der Waals surface area contributed by atoms with Crippen LogP contribution in [0.3, 0.4) is 0 Å². The number of likely N-dealkylation sites (N-methyl/N-ethyl adjacent to an activating group) is 2. The van der Waals surface area contributed by atoms with Crippen molar-refractivity contribution in [2.75, 3.05) is 24.7 Å². The normalized spacial score (nSPS) is 44.4. The zero-order valence-electron chi connectivity index (χ0n) is 28.0. The smallest absolute Gasteiger partial charge is 0.264 e. The number of para-hydroxylation sites is 2. The lowest BCUT2D eigenvalue weighted by atomic mass is 9.52. The number of amides is 4. The van der Waals surface area contributed by atoms with Crippen LogP contribution >= 0.6 is 43.2 Å². The summed E-state index contributed by atoms with van der Waals surface area (Å²) >= 11 is 0. The van der Waals surface area contributed by atoms with E-state index in [1.165, 1.54) is 53.0 Å². The molecule has 10 aliphatic rings. The first-order chi connectivity index (χ1) is 23.7.